The van der Waals surface area contributed by atoms with E-state index in [-0.39, 0.29) is 5.91 Å². The van der Waals surface area contributed by atoms with E-state index >= 15 is 0 Å². The van der Waals surface area contributed by atoms with E-state index < -0.39 is 0 Å². The average molecular weight is 305 g/mol. The normalized spacial score (nSPS) is 13.4. The van der Waals surface area contributed by atoms with Crippen LogP contribution in [0.3, 0.4) is 0 Å². The first kappa shape index (κ1) is 13.9. The van der Waals surface area contributed by atoms with Crippen molar-refractivity contribution in [2.45, 2.75) is 32.9 Å². The molecule has 0 saturated carbocycles. The fraction of sp³-hybridized carbons (Fsp3) is 0.333. The molecule has 0 saturated heterocycles. The van der Waals surface area contributed by atoms with Crippen LogP contribution < -0.4 is 10.6 Å². The third-order valence-corrected chi connectivity index (χ3v) is 3.89. The lowest BCUT2D eigenvalue weighted by Crippen LogP contribution is -2.09. The van der Waals surface area contributed by atoms with Crippen LogP contribution >= 0.6 is 11.6 Å². The van der Waals surface area contributed by atoms with Crippen molar-refractivity contribution < 1.29 is 4.79 Å². The van der Waals surface area contributed by atoms with Crippen LogP contribution in [-0.2, 0) is 17.8 Å². The summed E-state index contributed by atoms with van der Waals surface area (Å²) in [5.41, 5.74) is 3.71. The monoisotopic (exact) mass is 304 g/mol. The molecule has 1 aromatic heterocycles. The van der Waals surface area contributed by atoms with Gasteiger partial charge in [-0.1, -0.05) is 11.6 Å². The summed E-state index contributed by atoms with van der Waals surface area (Å²) >= 11 is 6.26. The molecule has 1 aliphatic heterocycles. The number of nitrogens with zero attached hydrogens (tertiary/aromatic N) is 2. The number of fused-ring (bicyclic) bond motifs is 1. The van der Waals surface area contributed by atoms with Gasteiger partial charge in [0.1, 0.15) is 0 Å². The van der Waals surface area contributed by atoms with E-state index in [9.17, 15) is 4.79 Å². The van der Waals surface area contributed by atoms with E-state index in [1.165, 1.54) is 0 Å². The Bertz CT molecular complexity index is 693. The van der Waals surface area contributed by atoms with E-state index in [1.807, 2.05) is 18.6 Å². The van der Waals surface area contributed by atoms with E-state index in [2.05, 4.69) is 34.0 Å². The molecule has 5 nitrogen and oxygen atoms in total. The van der Waals surface area contributed by atoms with Gasteiger partial charge >= 0.3 is 0 Å². The molecule has 1 aliphatic rings. The second-order valence-electron chi connectivity index (χ2n) is 5.45. The van der Waals surface area contributed by atoms with Crippen molar-refractivity contribution in [3.63, 3.8) is 0 Å². The molecule has 0 fully saturated rings. The number of amides is 1. The summed E-state index contributed by atoms with van der Waals surface area (Å²) in [6.45, 7) is 4.87. The second kappa shape index (κ2) is 5.41. The number of imidazole rings is 1. The van der Waals surface area contributed by atoms with Crippen LogP contribution in [0.2, 0.25) is 5.02 Å². The summed E-state index contributed by atoms with van der Waals surface area (Å²) < 4.78 is 2.11. The van der Waals surface area contributed by atoms with Crippen LogP contribution in [-0.4, -0.2) is 15.5 Å². The fourth-order valence-electron chi connectivity index (χ4n) is 2.50. The summed E-state index contributed by atoms with van der Waals surface area (Å²) in [5, 5.41) is 6.72. The molecule has 1 amide bonds. The number of halogens is 1. The molecule has 1 aromatic carbocycles. The molecule has 0 bridgehead atoms. The van der Waals surface area contributed by atoms with Crippen LogP contribution in [0.5, 0.6) is 0 Å². The van der Waals surface area contributed by atoms with Crippen LogP contribution in [0.1, 0.15) is 31.1 Å². The van der Waals surface area contributed by atoms with E-state index in [0.717, 1.165) is 22.6 Å². The highest BCUT2D eigenvalue weighted by molar-refractivity contribution is 6.33. The Balaban J connectivity index is 1.78. The number of benzene rings is 1. The highest BCUT2D eigenvalue weighted by Crippen LogP contribution is 2.33. The van der Waals surface area contributed by atoms with Gasteiger partial charge in [-0.3, -0.25) is 4.79 Å². The Morgan fingerprint density at radius 3 is 3.05 bits per heavy atom. The predicted octanol–water partition coefficient (Wildman–Crippen LogP) is 3.22. The van der Waals surface area contributed by atoms with Crippen molar-refractivity contribution in [3.05, 3.63) is 40.9 Å². The van der Waals surface area contributed by atoms with Crippen molar-refractivity contribution in [3.8, 4) is 0 Å². The van der Waals surface area contributed by atoms with E-state index in [1.54, 1.807) is 6.07 Å². The van der Waals surface area contributed by atoms with Gasteiger partial charge in [0, 0.05) is 17.9 Å². The van der Waals surface area contributed by atoms with Crippen LogP contribution in [0, 0.1) is 0 Å². The molecule has 0 aliphatic carbocycles. The first-order valence-corrected chi connectivity index (χ1v) is 7.29. The summed E-state index contributed by atoms with van der Waals surface area (Å²) in [6, 6.07) is 4.09. The smallest absolute Gasteiger partial charge is 0.228 e. The number of hydrogen-bond donors (Lipinski definition) is 2. The summed E-state index contributed by atoms with van der Waals surface area (Å²) in [7, 11) is 0. The summed E-state index contributed by atoms with van der Waals surface area (Å²) in [6.07, 6.45) is 4.08. The lowest BCUT2D eigenvalue weighted by Gasteiger charge is -2.14. The topological polar surface area (TPSA) is 59.0 Å². The quantitative estimate of drug-likeness (QED) is 0.912. The number of nitrogens with one attached hydrogen (secondary N) is 2. The number of aromatic nitrogens is 2. The number of anilines is 2. The molecule has 3 rings (SSSR count). The second-order valence-corrected chi connectivity index (χ2v) is 5.86. The minimum atomic E-state index is 0.0103. The van der Waals surface area contributed by atoms with Gasteiger partial charge in [-0.05, 0) is 31.5 Å². The van der Waals surface area contributed by atoms with Crippen molar-refractivity contribution >= 4 is 28.9 Å². The first-order valence-electron chi connectivity index (χ1n) is 6.91. The van der Waals surface area contributed by atoms with Crippen LogP contribution in [0.4, 0.5) is 11.4 Å². The average Bonchev–Trinajstić information content (AvgIpc) is 3.01. The molecule has 0 radical (unpaired) electrons. The van der Waals surface area contributed by atoms with Crippen molar-refractivity contribution in [2.24, 2.45) is 0 Å². The molecule has 0 atom stereocenters. The van der Waals surface area contributed by atoms with Gasteiger partial charge in [-0.2, -0.15) is 0 Å². The highest BCUT2D eigenvalue weighted by atomic mass is 35.5. The van der Waals surface area contributed by atoms with Gasteiger partial charge in [0.05, 0.1) is 35.7 Å². The highest BCUT2D eigenvalue weighted by Gasteiger charge is 2.19. The Hall–Kier alpha value is -2.01. The minimum absolute atomic E-state index is 0.0103. The van der Waals surface area contributed by atoms with Gasteiger partial charge in [0.2, 0.25) is 5.91 Å². The number of rotatable bonds is 4. The maximum absolute atomic E-state index is 11.4. The van der Waals surface area contributed by atoms with Gasteiger partial charge in [-0.15, -0.1) is 0 Å². The molecular formula is C15H17ClN4O. The maximum Gasteiger partial charge on any atom is 0.228 e. The first-order chi connectivity index (χ1) is 10.0. The summed E-state index contributed by atoms with van der Waals surface area (Å²) in [4.78, 5) is 15.6. The van der Waals surface area contributed by atoms with Crippen molar-refractivity contribution in [1.29, 1.82) is 0 Å². The van der Waals surface area contributed by atoms with Gasteiger partial charge in [-0.25, -0.2) is 4.98 Å². The number of hydrogen-bond acceptors (Lipinski definition) is 3. The summed E-state index contributed by atoms with van der Waals surface area (Å²) in [5.74, 6) is 0.0103. The number of carbonyl (C=O) groups excluding carboxylic acids is 1. The third kappa shape index (κ3) is 2.74. The van der Waals surface area contributed by atoms with Crippen LogP contribution in [0.15, 0.2) is 24.7 Å². The molecule has 2 aromatic rings. The molecule has 110 valence electrons. The SMILES string of the molecule is CC(C)n1cncc1CNc1cc2c(cc1Cl)NC(=O)C2. The third-order valence-electron chi connectivity index (χ3n) is 3.58. The van der Waals surface area contributed by atoms with E-state index in [4.69, 9.17) is 11.6 Å². The molecule has 2 N–H and O–H groups in total. The minimum Gasteiger partial charge on any atom is -0.378 e. The van der Waals surface area contributed by atoms with E-state index in [0.29, 0.717) is 24.0 Å². The predicted molar refractivity (Wildman–Crippen MR) is 83.7 cm³/mol. The molecule has 0 unspecified atom stereocenters. The maximum atomic E-state index is 11.4. The Morgan fingerprint density at radius 2 is 2.29 bits per heavy atom. The lowest BCUT2D eigenvalue weighted by molar-refractivity contribution is -0.115. The largest absolute Gasteiger partial charge is 0.378 e. The molecular weight excluding hydrogens is 288 g/mol. The Morgan fingerprint density at radius 1 is 1.48 bits per heavy atom. The van der Waals surface area contributed by atoms with Gasteiger partial charge < -0.3 is 15.2 Å². The Labute approximate surface area is 128 Å². The zero-order valence-corrected chi connectivity index (χ0v) is 12.7. The van der Waals surface area contributed by atoms with Crippen molar-refractivity contribution in [1.82, 2.24) is 9.55 Å². The fourth-order valence-corrected chi connectivity index (χ4v) is 2.73. The zero-order valence-electron chi connectivity index (χ0n) is 12.0. The van der Waals surface area contributed by atoms with Gasteiger partial charge in [0.15, 0.2) is 0 Å². The van der Waals surface area contributed by atoms with Crippen molar-refractivity contribution in [2.75, 3.05) is 10.6 Å². The Kier molecular flexibility index (Phi) is 3.59. The molecule has 2 heterocycles. The molecule has 21 heavy (non-hydrogen) atoms. The number of carbonyl (C=O) groups is 1. The molecule has 0 spiro atoms. The zero-order chi connectivity index (χ0) is 15.0. The van der Waals surface area contributed by atoms with Crippen LogP contribution in [0.25, 0.3) is 0 Å². The molecule has 6 heteroatoms. The standard InChI is InChI=1S/C15H17ClN4O/c1-9(2)20-8-17-6-11(20)7-18-14-3-10-4-15(21)19-13(10)5-12(14)16/h3,5-6,8-9,18H,4,7H2,1-2H3,(H,19,21). The van der Waals surface area contributed by atoms with Gasteiger partial charge in [0.25, 0.3) is 0 Å². The lowest BCUT2D eigenvalue weighted by atomic mass is 10.1.